The monoisotopic (exact) mass is 239 g/mol. The number of carbonyl (C=O) groups is 1. The van der Waals surface area contributed by atoms with E-state index in [1.807, 2.05) is 6.92 Å². The molecule has 0 aliphatic heterocycles. The molecule has 0 radical (unpaired) electrons. The number of esters is 1. The molecule has 17 heavy (non-hydrogen) atoms. The van der Waals surface area contributed by atoms with Crippen LogP contribution < -0.4 is 5.32 Å². The summed E-state index contributed by atoms with van der Waals surface area (Å²) in [6, 6.07) is 6.60. The molecule has 0 aliphatic rings. The summed E-state index contributed by atoms with van der Waals surface area (Å²) in [7, 11) is 0. The van der Waals surface area contributed by atoms with E-state index >= 15 is 0 Å². The Morgan fingerprint density at radius 3 is 2.82 bits per heavy atom. The maximum atomic E-state index is 13.3. The van der Waals surface area contributed by atoms with Gasteiger partial charge in [-0.25, -0.2) is 4.39 Å². The fourth-order valence-electron chi connectivity index (χ4n) is 1.40. The summed E-state index contributed by atoms with van der Waals surface area (Å²) in [5.41, 5.74) is 0.613. The Kier molecular flexibility index (Phi) is 5.63. The topological polar surface area (TPSA) is 38.3 Å². The molecule has 0 spiro atoms. The Morgan fingerprint density at radius 1 is 1.47 bits per heavy atom. The number of halogens is 1. The molecule has 1 rings (SSSR count). The lowest BCUT2D eigenvalue weighted by molar-refractivity contribution is -0.147. The van der Waals surface area contributed by atoms with Crippen LogP contribution in [0.4, 0.5) is 4.39 Å². The molecule has 1 aromatic rings. The van der Waals surface area contributed by atoms with Gasteiger partial charge in [-0.15, -0.1) is 0 Å². The van der Waals surface area contributed by atoms with Gasteiger partial charge < -0.3 is 10.1 Å². The van der Waals surface area contributed by atoms with Gasteiger partial charge >= 0.3 is 5.97 Å². The first-order chi connectivity index (χ1) is 8.13. The molecule has 94 valence electrons. The lowest BCUT2D eigenvalue weighted by Crippen LogP contribution is -2.28. The summed E-state index contributed by atoms with van der Waals surface area (Å²) < 4.78 is 18.3. The maximum Gasteiger partial charge on any atom is 0.305 e. The largest absolute Gasteiger partial charge is 0.461 e. The van der Waals surface area contributed by atoms with Crippen molar-refractivity contribution in [2.24, 2.45) is 0 Å². The highest BCUT2D eigenvalue weighted by Gasteiger charge is 2.07. The minimum atomic E-state index is -0.224. The molecular formula is C13H18FNO2. The summed E-state index contributed by atoms with van der Waals surface area (Å²) in [6.07, 6.45) is 0.173. The van der Waals surface area contributed by atoms with E-state index < -0.39 is 0 Å². The molecule has 0 heterocycles. The van der Waals surface area contributed by atoms with E-state index in [0.29, 0.717) is 25.1 Å². The Labute approximate surface area is 101 Å². The van der Waals surface area contributed by atoms with E-state index in [4.69, 9.17) is 4.74 Å². The first kappa shape index (κ1) is 13.6. The van der Waals surface area contributed by atoms with Crippen molar-refractivity contribution in [3.05, 3.63) is 35.6 Å². The average Bonchev–Trinajstić information content (AvgIpc) is 2.31. The Balaban J connectivity index is 2.28. The van der Waals surface area contributed by atoms with Gasteiger partial charge in [0.2, 0.25) is 0 Å². The third-order valence-electron chi connectivity index (χ3n) is 2.33. The second-order valence-corrected chi connectivity index (χ2v) is 3.88. The smallest absolute Gasteiger partial charge is 0.305 e. The van der Waals surface area contributed by atoms with Gasteiger partial charge in [-0.2, -0.15) is 0 Å². The van der Waals surface area contributed by atoms with Gasteiger partial charge in [-0.1, -0.05) is 25.1 Å². The highest BCUT2D eigenvalue weighted by Crippen LogP contribution is 2.05. The summed E-state index contributed by atoms with van der Waals surface area (Å²) in [5, 5.41) is 3.05. The highest BCUT2D eigenvalue weighted by atomic mass is 19.1. The zero-order valence-corrected chi connectivity index (χ0v) is 10.2. The fourth-order valence-corrected chi connectivity index (χ4v) is 1.40. The van der Waals surface area contributed by atoms with Crippen molar-refractivity contribution in [3.8, 4) is 0 Å². The third kappa shape index (κ3) is 4.95. The molecule has 4 heteroatoms. The van der Waals surface area contributed by atoms with E-state index in [2.05, 4.69) is 5.32 Å². The summed E-state index contributed by atoms with van der Waals surface area (Å²) >= 11 is 0. The van der Waals surface area contributed by atoms with Gasteiger partial charge in [0.15, 0.2) is 0 Å². The van der Waals surface area contributed by atoms with Crippen molar-refractivity contribution >= 4 is 5.97 Å². The molecule has 0 amide bonds. The molecule has 0 fully saturated rings. The minimum absolute atomic E-state index is 0.200. The Hall–Kier alpha value is -1.42. The van der Waals surface area contributed by atoms with E-state index in [0.717, 1.165) is 0 Å². The molecule has 1 unspecified atom stereocenters. The third-order valence-corrected chi connectivity index (χ3v) is 2.33. The number of nitrogens with one attached hydrogen (secondary N) is 1. The van der Waals surface area contributed by atoms with Crippen molar-refractivity contribution in [1.29, 1.82) is 0 Å². The quantitative estimate of drug-likeness (QED) is 0.774. The van der Waals surface area contributed by atoms with Crippen LogP contribution in [0, 0.1) is 5.82 Å². The summed E-state index contributed by atoms with van der Waals surface area (Å²) in [4.78, 5) is 11.0. The van der Waals surface area contributed by atoms with Crippen LogP contribution in [0.2, 0.25) is 0 Å². The van der Waals surface area contributed by atoms with Crippen molar-refractivity contribution in [2.75, 3.05) is 6.54 Å². The van der Waals surface area contributed by atoms with Gasteiger partial charge in [0.25, 0.3) is 0 Å². The fraction of sp³-hybridized carbons (Fsp3) is 0.462. The molecule has 1 aromatic carbocycles. The zero-order chi connectivity index (χ0) is 12.7. The number of hydrogen-bond acceptors (Lipinski definition) is 3. The molecule has 0 saturated heterocycles. The average molecular weight is 239 g/mol. The van der Waals surface area contributed by atoms with Crippen LogP contribution in [0.25, 0.3) is 0 Å². The van der Waals surface area contributed by atoms with Gasteiger partial charge in [0, 0.05) is 25.1 Å². The van der Waals surface area contributed by atoms with Gasteiger partial charge in [0.05, 0.1) is 0 Å². The molecule has 3 nitrogen and oxygen atoms in total. The number of benzene rings is 1. The van der Waals surface area contributed by atoms with Gasteiger partial charge in [-0.05, 0) is 13.0 Å². The van der Waals surface area contributed by atoms with E-state index in [1.165, 1.54) is 6.07 Å². The number of ether oxygens (including phenoxy) is 1. The first-order valence-corrected chi connectivity index (χ1v) is 5.77. The maximum absolute atomic E-state index is 13.3. The number of carbonyl (C=O) groups excluding carboxylic acids is 1. The van der Waals surface area contributed by atoms with Crippen molar-refractivity contribution in [1.82, 2.24) is 5.32 Å². The van der Waals surface area contributed by atoms with E-state index in [1.54, 1.807) is 25.1 Å². The van der Waals surface area contributed by atoms with Crippen LogP contribution in [0.1, 0.15) is 25.8 Å². The number of rotatable bonds is 6. The lowest BCUT2D eigenvalue weighted by Gasteiger charge is -2.13. The predicted octanol–water partition coefficient (Wildman–Crippen LogP) is 2.26. The standard InChI is InChI=1S/C13H18FNO2/c1-3-13(16)17-10(2)8-15-9-11-6-4-5-7-12(11)14/h4-7,10,15H,3,8-9H2,1-2H3. The molecule has 0 aromatic heterocycles. The van der Waals surface area contributed by atoms with Crippen molar-refractivity contribution < 1.29 is 13.9 Å². The predicted molar refractivity (Wildman–Crippen MR) is 64.0 cm³/mol. The van der Waals surface area contributed by atoms with Crippen molar-refractivity contribution in [2.45, 2.75) is 32.9 Å². The second kappa shape index (κ2) is 7.01. The lowest BCUT2D eigenvalue weighted by atomic mass is 10.2. The SMILES string of the molecule is CCC(=O)OC(C)CNCc1ccccc1F. The summed E-state index contributed by atoms with van der Waals surface area (Å²) in [5.74, 6) is -0.441. The zero-order valence-electron chi connectivity index (χ0n) is 10.2. The molecule has 0 bridgehead atoms. The van der Waals surface area contributed by atoms with Crippen molar-refractivity contribution in [3.63, 3.8) is 0 Å². The van der Waals surface area contributed by atoms with Gasteiger partial charge in [-0.3, -0.25) is 4.79 Å². The highest BCUT2D eigenvalue weighted by molar-refractivity contribution is 5.69. The summed E-state index contributed by atoms with van der Waals surface area (Å²) in [6.45, 7) is 4.50. The van der Waals surface area contributed by atoms with Crippen LogP contribution >= 0.6 is 0 Å². The molecule has 0 aliphatic carbocycles. The molecule has 1 atom stereocenters. The minimum Gasteiger partial charge on any atom is -0.461 e. The molecular weight excluding hydrogens is 221 g/mol. The normalized spacial score (nSPS) is 12.2. The molecule has 1 N–H and O–H groups in total. The Bertz CT molecular complexity index is 368. The number of hydrogen-bond donors (Lipinski definition) is 1. The molecule has 0 saturated carbocycles. The van der Waals surface area contributed by atoms with Crippen LogP contribution in [0.15, 0.2) is 24.3 Å². The van der Waals surface area contributed by atoms with Gasteiger partial charge in [0.1, 0.15) is 11.9 Å². The van der Waals surface area contributed by atoms with E-state index in [9.17, 15) is 9.18 Å². The van der Waals surface area contributed by atoms with E-state index in [-0.39, 0.29) is 17.9 Å². The first-order valence-electron chi connectivity index (χ1n) is 5.77. The second-order valence-electron chi connectivity index (χ2n) is 3.88. The van der Waals surface area contributed by atoms with Crippen LogP contribution in [-0.2, 0) is 16.1 Å². The van der Waals surface area contributed by atoms with Crippen LogP contribution in [0.3, 0.4) is 0 Å². The Morgan fingerprint density at radius 2 is 2.18 bits per heavy atom. The van der Waals surface area contributed by atoms with Crippen LogP contribution in [0.5, 0.6) is 0 Å². The van der Waals surface area contributed by atoms with Crippen LogP contribution in [-0.4, -0.2) is 18.6 Å².